The molecule has 0 aliphatic heterocycles. The molecule has 4 heteroatoms. The second kappa shape index (κ2) is 10.9. The Morgan fingerprint density at radius 2 is 0.708 bits per heavy atom. The van der Waals surface area contributed by atoms with E-state index in [2.05, 4.69) is 130 Å². The highest BCUT2D eigenvalue weighted by atomic mass is 15.0. The largest absolute Gasteiger partial charge is 0.309 e. The van der Waals surface area contributed by atoms with E-state index in [1.165, 1.54) is 10.8 Å². The van der Waals surface area contributed by atoms with Crippen LogP contribution in [0, 0.1) is 22.7 Å². The Balaban J connectivity index is 1.29. The molecule has 222 valence electrons. The standard InChI is InChI=1S/C44H26N4/c45-27-29-26-44(48-42-23-11-6-18-36(42)37-19-7-12-24-43(37)48)30(28-46)25-38(29)32-14-2-1-13-31(32)33-15-3-8-20-39(33)47-40-21-9-4-16-34(40)35-17-5-10-22-41(35)47/h1-26H. The number of aromatic nitrogens is 2. The molecule has 4 nitrogen and oxygen atoms in total. The molecule has 2 heterocycles. The lowest BCUT2D eigenvalue weighted by molar-refractivity contribution is 1.16. The number of rotatable bonds is 4. The summed E-state index contributed by atoms with van der Waals surface area (Å²) in [6.45, 7) is 0. The summed E-state index contributed by atoms with van der Waals surface area (Å²) in [7, 11) is 0. The van der Waals surface area contributed by atoms with Gasteiger partial charge >= 0.3 is 0 Å². The monoisotopic (exact) mass is 610 g/mol. The van der Waals surface area contributed by atoms with Crippen molar-refractivity contribution in [3.8, 4) is 45.8 Å². The second-order valence-electron chi connectivity index (χ2n) is 11.9. The van der Waals surface area contributed by atoms with Gasteiger partial charge in [-0.05, 0) is 53.6 Å². The van der Waals surface area contributed by atoms with Crippen LogP contribution in [0.25, 0.3) is 77.2 Å². The van der Waals surface area contributed by atoms with Crippen molar-refractivity contribution in [2.75, 3.05) is 0 Å². The van der Waals surface area contributed by atoms with E-state index in [-0.39, 0.29) is 0 Å². The third-order valence-corrected chi connectivity index (χ3v) is 9.43. The Morgan fingerprint density at radius 3 is 1.19 bits per heavy atom. The lowest BCUT2D eigenvalue weighted by Gasteiger charge is -2.18. The molecule has 48 heavy (non-hydrogen) atoms. The summed E-state index contributed by atoms with van der Waals surface area (Å²) < 4.78 is 4.44. The van der Waals surface area contributed by atoms with Gasteiger partial charge in [-0.3, -0.25) is 0 Å². The number of fused-ring (bicyclic) bond motifs is 6. The molecule has 0 atom stereocenters. The molecule has 9 rings (SSSR count). The number of nitrogens with zero attached hydrogens (tertiary/aromatic N) is 4. The smallest absolute Gasteiger partial charge is 0.101 e. The van der Waals surface area contributed by atoms with Crippen LogP contribution in [0.3, 0.4) is 0 Å². The van der Waals surface area contributed by atoms with E-state index < -0.39 is 0 Å². The van der Waals surface area contributed by atoms with Crippen LogP contribution in [0.1, 0.15) is 11.1 Å². The Bertz CT molecular complexity index is 2710. The van der Waals surface area contributed by atoms with E-state index in [0.717, 1.165) is 60.8 Å². The maximum atomic E-state index is 10.6. The zero-order chi connectivity index (χ0) is 32.2. The molecule has 0 spiro atoms. The number of hydrogen-bond donors (Lipinski definition) is 0. The van der Waals surface area contributed by atoms with E-state index >= 15 is 0 Å². The quantitative estimate of drug-likeness (QED) is 0.199. The molecule has 0 amide bonds. The van der Waals surface area contributed by atoms with Crippen molar-refractivity contribution in [2.24, 2.45) is 0 Å². The maximum absolute atomic E-state index is 10.6. The van der Waals surface area contributed by atoms with Crippen molar-refractivity contribution in [1.82, 2.24) is 9.13 Å². The second-order valence-corrected chi connectivity index (χ2v) is 11.9. The molecule has 0 aliphatic carbocycles. The summed E-state index contributed by atoms with van der Waals surface area (Å²) in [6.07, 6.45) is 0. The van der Waals surface area contributed by atoms with Gasteiger partial charge in [0, 0.05) is 32.7 Å². The van der Waals surface area contributed by atoms with Gasteiger partial charge in [-0.1, -0.05) is 115 Å². The molecule has 0 aliphatic rings. The molecule has 9 aromatic rings. The predicted octanol–water partition coefficient (Wildman–Crippen LogP) is 11.0. The molecule has 0 fully saturated rings. The Kier molecular flexibility index (Phi) is 6.22. The van der Waals surface area contributed by atoms with E-state index in [0.29, 0.717) is 16.8 Å². The van der Waals surface area contributed by atoms with Gasteiger partial charge in [-0.2, -0.15) is 10.5 Å². The van der Waals surface area contributed by atoms with Crippen molar-refractivity contribution in [3.05, 3.63) is 169 Å². The third-order valence-electron chi connectivity index (χ3n) is 9.43. The first-order valence-corrected chi connectivity index (χ1v) is 15.9. The maximum Gasteiger partial charge on any atom is 0.101 e. The van der Waals surface area contributed by atoms with Gasteiger partial charge in [0.2, 0.25) is 0 Å². The molecule has 0 unspecified atom stereocenters. The molecule has 0 saturated carbocycles. The van der Waals surface area contributed by atoms with E-state index in [1.54, 1.807) is 0 Å². The minimum atomic E-state index is 0.501. The highest BCUT2D eigenvalue weighted by Crippen LogP contribution is 2.42. The zero-order valence-corrected chi connectivity index (χ0v) is 25.8. The van der Waals surface area contributed by atoms with Gasteiger partial charge in [0.05, 0.1) is 50.6 Å². The lowest BCUT2D eigenvalue weighted by Crippen LogP contribution is -2.01. The van der Waals surface area contributed by atoms with Crippen molar-refractivity contribution < 1.29 is 0 Å². The minimum Gasteiger partial charge on any atom is -0.309 e. The summed E-state index contributed by atoms with van der Waals surface area (Å²) in [5, 5.41) is 25.9. The molecule has 0 radical (unpaired) electrons. The van der Waals surface area contributed by atoms with E-state index in [1.807, 2.05) is 48.5 Å². The van der Waals surface area contributed by atoms with Crippen LogP contribution >= 0.6 is 0 Å². The topological polar surface area (TPSA) is 57.4 Å². The summed E-state index contributed by atoms with van der Waals surface area (Å²) in [4.78, 5) is 0. The fourth-order valence-electron chi connectivity index (χ4n) is 7.39. The number of benzene rings is 7. The molecule has 7 aromatic carbocycles. The lowest BCUT2D eigenvalue weighted by atomic mass is 9.89. The van der Waals surface area contributed by atoms with Gasteiger partial charge in [0.1, 0.15) is 6.07 Å². The van der Waals surface area contributed by atoms with Crippen LogP contribution in [0.4, 0.5) is 0 Å². The number of hydrogen-bond acceptors (Lipinski definition) is 2. The van der Waals surface area contributed by atoms with E-state index in [9.17, 15) is 10.5 Å². The summed E-state index contributed by atoms with van der Waals surface area (Å²) >= 11 is 0. The van der Waals surface area contributed by atoms with Crippen LogP contribution < -0.4 is 0 Å². The Morgan fingerprint density at radius 1 is 0.333 bits per heavy atom. The Hall–Kier alpha value is -6.88. The molecule has 0 saturated heterocycles. The average Bonchev–Trinajstić information content (AvgIpc) is 3.67. The van der Waals surface area contributed by atoms with Gasteiger partial charge in [0.25, 0.3) is 0 Å². The van der Waals surface area contributed by atoms with Crippen molar-refractivity contribution in [1.29, 1.82) is 10.5 Å². The molecular formula is C44H26N4. The van der Waals surface area contributed by atoms with Gasteiger partial charge < -0.3 is 9.13 Å². The van der Waals surface area contributed by atoms with Crippen LogP contribution in [-0.2, 0) is 0 Å². The zero-order valence-electron chi connectivity index (χ0n) is 25.8. The van der Waals surface area contributed by atoms with Gasteiger partial charge in [-0.15, -0.1) is 0 Å². The van der Waals surface area contributed by atoms with Crippen LogP contribution in [-0.4, -0.2) is 9.13 Å². The van der Waals surface area contributed by atoms with Crippen molar-refractivity contribution in [3.63, 3.8) is 0 Å². The van der Waals surface area contributed by atoms with Gasteiger partial charge in [-0.25, -0.2) is 0 Å². The van der Waals surface area contributed by atoms with Crippen LogP contribution in [0.2, 0.25) is 0 Å². The first-order chi connectivity index (χ1) is 23.8. The predicted molar refractivity (Wildman–Crippen MR) is 195 cm³/mol. The van der Waals surface area contributed by atoms with E-state index in [4.69, 9.17) is 0 Å². The summed E-state index contributed by atoms with van der Waals surface area (Å²) in [5.74, 6) is 0. The van der Waals surface area contributed by atoms with Gasteiger partial charge in [0.15, 0.2) is 0 Å². The van der Waals surface area contributed by atoms with Crippen molar-refractivity contribution >= 4 is 43.6 Å². The molecule has 2 aromatic heterocycles. The number of nitriles is 2. The van der Waals surface area contributed by atoms with Crippen LogP contribution in [0.5, 0.6) is 0 Å². The SMILES string of the molecule is N#Cc1cc(-n2c3ccccc3c3ccccc32)c(C#N)cc1-c1ccccc1-c1ccccc1-n1c2ccccc2c2ccccc21. The first-order valence-electron chi connectivity index (χ1n) is 15.9. The Labute approximate surface area is 277 Å². The number of para-hydroxylation sites is 5. The normalized spacial score (nSPS) is 11.3. The third kappa shape index (κ3) is 4.01. The van der Waals surface area contributed by atoms with Crippen LogP contribution in [0.15, 0.2) is 158 Å². The van der Waals surface area contributed by atoms with Crippen molar-refractivity contribution in [2.45, 2.75) is 0 Å². The summed E-state index contributed by atoms with van der Waals surface area (Å²) in [6, 6.07) is 58.7. The summed E-state index contributed by atoms with van der Waals surface area (Å²) in [5.41, 5.74) is 10.6. The highest BCUT2D eigenvalue weighted by molar-refractivity contribution is 6.11. The molecular weight excluding hydrogens is 585 g/mol. The molecule has 0 bridgehead atoms. The fourth-order valence-corrected chi connectivity index (χ4v) is 7.39. The average molecular weight is 611 g/mol. The molecule has 0 N–H and O–H groups in total. The fraction of sp³-hybridized carbons (Fsp3) is 0. The minimum absolute atomic E-state index is 0.501. The highest BCUT2D eigenvalue weighted by Gasteiger charge is 2.21. The first kappa shape index (κ1) is 27.4.